The van der Waals surface area contributed by atoms with E-state index in [-0.39, 0.29) is 0 Å². The Kier molecular flexibility index (Phi) is 4.24. The van der Waals surface area contributed by atoms with Gasteiger partial charge < -0.3 is 5.32 Å². The lowest BCUT2D eigenvalue weighted by molar-refractivity contribution is 0.616. The maximum Gasteiger partial charge on any atom is 0.208 e. The molecule has 4 nitrogen and oxygen atoms in total. The normalized spacial score (nSPS) is 11.1. The standard InChI is InChI=1S/C8H16N4S/c1-6(2)9-4-5-13-8-10-7(3)11-12-8/h6,9H,4-5H2,1-3H3,(H,10,11,12). The quantitative estimate of drug-likeness (QED) is 0.554. The van der Waals surface area contributed by atoms with Crippen LogP contribution in [-0.4, -0.2) is 33.5 Å². The van der Waals surface area contributed by atoms with Crippen molar-refractivity contribution in [3.05, 3.63) is 5.82 Å². The molecule has 0 saturated carbocycles. The number of hydrogen-bond donors (Lipinski definition) is 2. The Bertz CT molecular complexity index is 246. The second-order valence-corrected chi connectivity index (χ2v) is 4.22. The largest absolute Gasteiger partial charge is 0.314 e. The minimum absolute atomic E-state index is 0.550. The molecule has 0 amide bonds. The molecule has 0 spiro atoms. The highest BCUT2D eigenvalue weighted by Gasteiger charge is 1.99. The summed E-state index contributed by atoms with van der Waals surface area (Å²) in [7, 11) is 0. The van der Waals surface area contributed by atoms with Crippen LogP contribution in [0.25, 0.3) is 0 Å². The topological polar surface area (TPSA) is 53.6 Å². The van der Waals surface area contributed by atoms with Crippen molar-refractivity contribution in [2.45, 2.75) is 32.0 Å². The van der Waals surface area contributed by atoms with Gasteiger partial charge in [-0.1, -0.05) is 25.6 Å². The highest BCUT2D eigenvalue weighted by molar-refractivity contribution is 7.99. The third-order valence-corrected chi connectivity index (χ3v) is 2.31. The van der Waals surface area contributed by atoms with Gasteiger partial charge in [0.05, 0.1) is 0 Å². The lowest BCUT2D eigenvalue weighted by Gasteiger charge is -2.05. The Morgan fingerprint density at radius 3 is 2.85 bits per heavy atom. The average Bonchev–Trinajstić information content (AvgIpc) is 2.45. The number of aromatic amines is 1. The smallest absolute Gasteiger partial charge is 0.208 e. The van der Waals surface area contributed by atoms with Crippen molar-refractivity contribution in [2.75, 3.05) is 12.3 Å². The van der Waals surface area contributed by atoms with Crippen molar-refractivity contribution >= 4 is 11.8 Å². The Balaban J connectivity index is 2.13. The van der Waals surface area contributed by atoms with Gasteiger partial charge in [0.1, 0.15) is 5.82 Å². The molecule has 0 aliphatic heterocycles. The van der Waals surface area contributed by atoms with Crippen molar-refractivity contribution in [3.8, 4) is 0 Å². The SMILES string of the molecule is Cc1nc(SCCNC(C)C)n[nH]1. The molecule has 1 aromatic rings. The summed E-state index contributed by atoms with van der Waals surface area (Å²) >= 11 is 1.67. The zero-order valence-corrected chi connectivity index (χ0v) is 9.11. The van der Waals surface area contributed by atoms with Gasteiger partial charge >= 0.3 is 0 Å². The van der Waals surface area contributed by atoms with Crippen LogP contribution in [0.4, 0.5) is 0 Å². The van der Waals surface area contributed by atoms with E-state index in [0.717, 1.165) is 23.3 Å². The van der Waals surface area contributed by atoms with Crippen LogP contribution in [0.2, 0.25) is 0 Å². The molecule has 5 heteroatoms. The van der Waals surface area contributed by atoms with Crippen molar-refractivity contribution in [3.63, 3.8) is 0 Å². The number of hydrogen-bond acceptors (Lipinski definition) is 4. The highest BCUT2D eigenvalue weighted by atomic mass is 32.2. The molecule has 1 rings (SSSR count). The molecule has 0 bridgehead atoms. The molecule has 0 saturated heterocycles. The van der Waals surface area contributed by atoms with Crippen LogP contribution in [0.3, 0.4) is 0 Å². The number of rotatable bonds is 5. The fourth-order valence-corrected chi connectivity index (χ4v) is 1.59. The van der Waals surface area contributed by atoms with E-state index in [4.69, 9.17) is 0 Å². The van der Waals surface area contributed by atoms with Crippen molar-refractivity contribution in [2.24, 2.45) is 0 Å². The Morgan fingerprint density at radius 2 is 2.31 bits per heavy atom. The van der Waals surface area contributed by atoms with Crippen LogP contribution in [0.15, 0.2) is 5.16 Å². The second kappa shape index (κ2) is 5.24. The highest BCUT2D eigenvalue weighted by Crippen LogP contribution is 2.10. The number of thioether (sulfide) groups is 1. The molecule has 0 aliphatic carbocycles. The van der Waals surface area contributed by atoms with E-state index in [9.17, 15) is 0 Å². The molecule has 0 radical (unpaired) electrons. The van der Waals surface area contributed by atoms with Gasteiger partial charge in [-0.25, -0.2) is 4.98 Å². The molecule has 1 heterocycles. The molecule has 0 unspecified atom stereocenters. The molecule has 0 aromatic carbocycles. The van der Waals surface area contributed by atoms with Crippen LogP contribution >= 0.6 is 11.8 Å². The summed E-state index contributed by atoms with van der Waals surface area (Å²) in [6, 6.07) is 0.550. The fraction of sp³-hybridized carbons (Fsp3) is 0.750. The van der Waals surface area contributed by atoms with E-state index in [1.54, 1.807) is 11.8 Å². The number of aromatic nitrogens is 3. The lowest BCUT2D eigenvalue weighted by Crippen LogP contribution is -2.24. The van der Waals surface area contributed by atoms with Crippen LogP contribution < -0.4 is 5.32 Å². The third-order valence-electron chi connectivity index (χ3n) is 1.46. The van der Waals surface area contributed by atoms with Crippen molar-refractivity contribution in [1.82, 2.24) is 20.5 Å². The van der Waals surface area contributed by atoms with Crippen LogP contribution in [-0.2, 0) is 0 Å². The van der Waals surface area contributed by atoms with Gasteiger partial charge in [-0.2, -0.15) is 0 Å². The molecular formula is C8H16N4S. The van der Waals surface area contributed by atoms with Gasteiger partial charge in [0, 0.05) is 18.3 Å². The van der Waals surface area contributed by atoms with E-state index >= 15 is 0 Å². The van der Waals surface area contributed by atoms with Crippen LogP contribution in [0.1, 0.15) is 19.7 Å². The van der Waals surface area contributed by atoms with Gasteiger partial charge in [0.25, 0.3) is 0 Å². The fourth-order valence-electron chi connectivity index (χ4n) is 0.877. The van der Waals surface area contributed by atoms with Gasteiger partial charge in [-0.15, -0.1) is 5.10 Å². The van der Waals surface area contributed by atoms with Crippen molar-refractivity contribution in [1.29, 1.82) is 0 Å². The minimum atomic E-state index is 0.550. The van der Waals surface area contributed by atoms with E-state index in [1.165, 1.54) is 0 Å². The first kappa shape index (κ1) is 10.5. The predicted octanol–water partition coefficient (Wildman–Crippen LogP) is 1.20. The number of H-pyrrole nitrogens is 1. The van der Waals surface area contributed by atoms with Gasteiger partial charge in [-0.3, -0.25) is 5.10 Å². The minimum Gasteiger partial charge on any atom is -0.314 e. The summed E-state index contributed by atoms with van der Waals surface area (Å²) < 4.78 is 0. The van der Waals surface area contributed by atoms with Gasteiger partial charge in [-0.05, 0) is 6.92 Å². The van der Waals surface area contributed by atoms with E-state index < -0.39 is 0 Å². The summed E-state index contributed by atoms with van der Waals surface area (Å²) in [6.45, 7) is 7.18. The van der Waals surface area contributed by atoms with E-state index in [2.05, 4.69) is 34.3 Å². The molecule has 0 aliphatic rings. The molecule has 13 heavy (non-hydrogen) atoms. The first-order chi connectivity index (χ1) is 6.18. The predicted molar refractivity (Wildman–Crippen MR) is 55.0 cm³/mol. The molecule has 2 N–H and O–H groups in total. The Morgan fingerprint density at radius 1 is 1.54 bits per heavy atom. The first-order valence-electron chi connectivity index (χ1n) is 4.43. The number of nitrogens with zero attached hydrogens (tertiary/aromatic N) is 2. The number of nitrogens with one attached hydrogen (secondary N) is 2. The summed E-state index contributed by atoms with van der Waals surface area (Å²) in [4.78, 5) is 4.20. The first-order valence-corrected chi connectivity index (χ1v) is 5.42. The summed E-state index contributed by atoms with van der Waals surface area (Å²) in [6.07, 6.45) is 0. The van der Waals surface area contributed by atoms with Crippen molar-refractivity contribution < 1.29 is 0 Å². The van der Waals surface area contributed by atoms with E-state index in [1.807, 2.05) is 6.92 Å². The summed E-state index contributed by atoms with van der Waals surface area (Å²) in [5.74, 6) is 1.88. The van der Waals surface area contributed by atoms with Crippen LogP contribution in [0.5, 0.6) is 0 Å². The van der Waals surface area contributed by atoms with Gasteiger partial charge in [0.2, 0.25) is 5.16 Å². The maximum atomic E-state index is 4.20. The zero-order chi connectivity index (χ0) is 9.68. The second-order valence-electron chi connectivity index (χ2n) is 3.16. The summed E-state index contributed by atoms with van der Waals surface area (Å²) in [5, 5.41) is 11.0. The molecular weight excluding hydrogens is 184 g/mol. The Hall–Kier alpha value is -0.550. The lowest BCUT2D eigenvalue weighted by atomic mass is 10.4. The third kappa shape index (κ3) is 4.28. The number of aryl methyl sites for hydroxylation is 1. The van der Waals surface area contributed by atoms with E-state index in [0.29, 0.717) is 6.04 Å². The molecule has 0 fully saturated rings. The average molecular weight is 200 g/mol. The zero-order valence-electron chi connectivity index (χ0n) is 8.29. The molecule has 1 aromatic heterocycles. The summed E-state index contributed by atoms with van der Waals surface area (Å²) in [5.41, 5.74) is 0. The Labute approximate surface area is 82.9 Å². The maximum absolute atomic E-state index is 4.20. The molecule has 0 atom stereocenters. The van der Waals surface area contributed by atoms with Gasteiger partial charge in [0.15, 0.2) is 0 Å². The molecule has 74 valence electrons. The van der Waals surface area contributed by atoms with Crippen LogP contribution in [0, 0.1) is 6.92 Å². The monoisotopic (exact) mass is 200 g/mol.